The summed E-state index contributed by atoms with van der Waals surface area (Å²) < 4.78 is 0. The van der Waals surface area contributed by atoms with E-state index in [1.54, 1.807) is 0 Å². The largest absolute Gasteiger partial charge is 0.308 e. The van der Waals surface area contributed by atoms with Crippen molar-refractivity contribution < 1.29 is 0 Å². The number of nitrogens with one attached hydrogen (secondary N) is 1. The molecule has 1 aromatic carbocycles. The third kappa shape index (κ3) is 3.04. The van der Waals surface area contributed by atoms with E-state index in [1.165, 1.54) is 33.9 Å². The van der Waals surface area contributed by atoms with E-state index in [1.807, 2.05) is 11.3 Å². The molecule has 1 heterocycles. The first-order valence-corrected chi connectivity index (χ1v) is 7.87. The fourth-order valence-corrected chi connectivity index (χ4v) is 3.12. The van der Waals surface area contributed by atoms with Gasteiger partial charge in [-0.05, 0) is 31.7 Å². The Balaban J connectivity index is 1.78. The molecule has 0 amide bonds. The average Bonchev–Trinajstić information content (AvgIpc) is 3.19. The minimum Gasteiger partial charge on any atom is -0.308 e. The highest BCUT2D eigenvalue weighted by atomic mass is 32.1. The van der Waals surface area contributed by atoms with Crippen molar-refractivity contribution in [2.75, 3.05) is 0 Å². The molecule has 0 aliphatic heterocycles. The van der Waals surface area contributed by atoms with E-state index in [0.29, 0.717) is 0 Å². The van der Waals surface area contributed by atoms with Gasteiger partial charge in [-0.15, -0.1) is 11.3 Å². The third-order valence-corrected chi connectivity index (χ3v) is 4.57. The zero-order valence-corrected chi connectivity index (χ0v) is 12.4. The third-order valence-electron chi connectivity index (χ3n) is 3.60. The Morgan fingerprint density at radius 3 is 2.63 bits per heavy atom. The molecule has 0 unspecified atom stereocenters. The topological polar surface area (TPSA) is 24.9 Å². The second-order valence-corrected chi connectivity index (χ2v) is 6.51. The summed E-state index contributed by atoms with van der Waals surface area (Å²) in [5.74, 6) is 0. The molecule has 1 aliphatic rings. The molecule has 19 heavy (non-hydrogen) atoms. The zero-order valence-electron chi connectivity index (χ0n) is 11.6. The molecule has 0 bridgehead atoms. The van der Waals surface area contributed by atoms with Gasteiger partial charge in [-0.25, -0.2) is 4.98 Å². The molecule has 0 radical (unpaired) electrons. The van der Waals surface area contributed by atoms with Gasteiger partial charge in [-0.2, -0.15) is 0 Å². The van der Waals surface area contributed by atoms with Gasteiger partial charge >= 0.3 is 0 Å². The SMILES string of the molecule is CCc1ccc(-c2nc(CNC3CC3)sc2C)cc1. The number of aryl methyl sites for hydroxylation is 2. The lowest BCUT2D eigenvalue weighted by Gasteiger charge is -2.01. The molecule has 1 fully saturated rings. The lowest BCUT2D eigenvalue weighted by molar-refractivity contribution is 0.685. The summed E-state index contributed by atoms with van der Waals surface area (Å²) in [6.07, 6.45) is 3.75. The van der Waals surface area contributed by atoms with Crippen LogP contribution in [0.15, 0.2) is 24.3 Å². The molecule has 0 saturated heterocycles. The van der Waals surface area contributed by atoms with Crippen molar-refractivity contribution in [3.8, 4) is 11.3 Å². The predicted molar refractivity (Wildman–Crippen MR) is 81.5 cm³/mol. The molecular weight excluding hydrogens is 252 g/mol. The van der Waals surface area contributed by atoms with Crippen LogP contribution in [0.4, 0.5) is 0 Å². The van der Waals surface area contributed by atoms with Crippen LogP contribution in [0.5, 0.6) is 0 Å². The first-order chi connectivity index (χ1) is 9.26. The zero-order chi connectivity index (χ0) is 13.2. The summed E-state index contributed by atoms with van der Waals surface area (Å²) in [6.45, 7) is 5.27. The molecule has 3 heteroatoms. The molecule has 1 aliphatic carbocycles. The van der Waals surface area contributed by atoms with Gasteiger partial charge in [-0.3, -0.25) is 0 Å². The summed E-state index contributed by atoms with van der Waals surface area (Å²) in [5, 5.41) is 4.74. The summed E-state index contributed by atoms with van der Waals surface area (Å²) in [4.78, 5) is 6.11. The molecule has 2 nitrogen and oxygen atoms in total. The maximum atomic E-state index is 4.79. The number of aromatic nitrogens is 1. The van der Waals surface area contributed by atoms with Gasteiger partial charge < -0.3 is 5.32 Å². The van der Waals surface area contributed by atoms with Gasteiger partial charge in [-0.1, -0.05) is 31.2 Å². The Morgan fingerprint density at radius 1 is 1.26 bits per heavy atom. The van der Waals surface area contributed by atoms with E-state index in [9.17, 15) is 0 Å². The Bertz CT molecular complexity index is 553. The van der Waals surface area contributed by atoms with Gasteiger partial charge in [0.2, 0.25) is 0 Å². The van der Waals surface area contributed by atoms with Gasteiger partial charge in [0.05, 0.1) is 5.69 Å². The van der Waals surface area contributed by atoms with Crippen LogP contribution in [0.25, 0.3) is 11.3 Å². The fraction of sp³-hybridized carbons (Fsp3) is 0.438. The van der Waals surface area contributed by atoms with Gasteiger partial charge in [0.15, 0.2) is 0 Å². The molecule has 2 aromatic rings. The number of rotatable bonds is 5. The van der Waals surface area contributed by atoms with Crippen LogP contribution >= 0.6 is 11.3 Å². The average molecular weight is 272 g/mol. The molecule has 1 N–H and O–H groups in total. The molecule has 100 valence electrons. The highest BCUT2D eigenvalue weighted by molar-refractivity contribution is 7.12. The molecule has 1 saturated carbocycles. The Morgan fingerprint density at radius 2 is 2.00 bits per heavy atom. The lowest BCUT2D eigenvalue weighted by atomic mass is 10.1. The number of thiazole rings is 1. The van der Waals surface area contributed by atoms with Crippen molar-refractivity contribution in [3.63, 3.8) is 0 Å². The summed E-state index contributed by atoms with van der Waals surface area (Å²) in [6, 6.07) is 9.54. The quantitative estimate of drug-likeness (QED) is 0.892. The number of nitrogens with zero attached hydrogens (tertiary/aromatic N) is 1. The number of hydrogen-bond acceptors (Lipinski definition) is 3. The van der Waals surface area contributed by atoms with Crippen LogP contribution in [0, 0.1) is 6.92 Å². The van der Waals surface area contributed by atoms with Gasteiger partial charge in [0.25, 0.3) is 0 Å². The van der Waals surface area contributed by atoms with Crippen LogP contribution < -0.4 is 5.32 Å². The highest BCUT2D eigenvalue weighted by Crippen LogP contribution is 2.28. The normalized spacial score (nSPS) is 14.8. The van der Waals surface area contributed by atoms with E-state index < -0.39 is 0 Å². The standard InChI is InChI=1S/C16H20N2S/c1-3-12-4-6-13(7-5-12)16-11(2)19-15(18-16)10-17-14-8-9-14/h4-7,14,17H,3,8-10H2,1-2H3. The Kier molecular flexibility index (Phi) is 3.67. The van der Waals surface area contributed by atoms with Crippen molar-refractivity contribution in [2.24, 2.45) is 0 Å². The van der Waals surface area contributed by atoms with Crippen LogP contribution in [0.2, 0.25) is 0 Å². The molecular formula is C16H20N2S. The maximum Gasteiger partial charge on any atom is 0.107 e. The Labute approximate surface area is 118 Å². The monoisotopic (exact) mass is 272 g/mol. The van der Waals surface area contributed by atoms with Crippen molar-refractivity contribution in [3.05, 3.63) is 39.7 Å². The maximum absolute atomic E-state index is 4.79. The second-order valence-electron chi connectivity index (χ2n) is 5.22. The van der Waals surface area contributed by atoms with Crippen molar-refractivity contribution >= 4 is 11.3 Å². The van der Waals surface area contributed by atoms with Crippen LogP contribution in [0.3, 0.4) is 0 Å². The van der Waals surface area contributed by atoms with E-state index in [0.717, 1.165) is 24.7 Å². The predicted octanol–water partition coefficient (Wildman–Crippen LogP) is 3.93. The second kappa shape index (κ2) is 5.43. The van der Waals surface area contributed by atoms with Crippen molar-refractivity contribution in [1.29, 1.82) is 0 Å². The summed E-state index contributed by atoms with van der Waals surface area (Å²) in [7, 11) is 0. The minimum atomic E-state index is 0.747. The molecule has 0 spiro atoms. The Hall–Kier alpha value is -1.19. The summed E-state index contributed by atoms with van der Waals surface area (Å²) in [5.41, 5.74) is 3.77. The van der Waals surface area contributed by atoms with Crippen LogP contribution in [0.1, 0.15) is 35.2 Å². The molecule has 0 atom stereocenters. The van der Waals surface area contributed by atoms with Crippen molar-refractivity contribution in [2.45, 2.75) is 45.7 Å². The van der Waals surface area contributed by atoms with E-state index >= 15 is 0 Å². The first-order valence-electron chi connectivity index (χ1n) is 7.05. The summed E-state index contributed by atoms with van der Waals surface area (Å²) >= 11 is 1.82. The van der Waals surface area contributed by atoms with E-state index in [-0.39, 0.29) is 0 Å². The smallest absolute Gasteiger partial charge is 0.107 e. The van der Waals surface area contributed by atoms with Crippen LogP contribution in [-0.2, 0) is 13.0 Å². The van der Waals surface area contributed by atoms with E-state index in [2.05, 4.69) is 43.4 Å². The molecule has 1 aromatic heterocycles. The van der Waals surface area contributed by atoms with E-state index in [4.69, 9.17) is 4.98 Å². The molecule has 3 rings (SSSR count). The number of benzene rings is 1. The first kappa shape index (κ1) is 12.8. The highest BCUT2D eigenvalue weighted by Gasteiger charge is 2.21. The minimum absolute atomic E-state index is 0.747. The lowest BCUT2D eigenvalue weighted by Crippen LogP contribution is -2.14. The van der Waals surface area contributed by atoms with Crippen molar-refractivity contribution in [1.82, 2.24) is 10.3 Å². The van der Waals surface area contributed by atoms with Crippen LogP contribution in [-0.4, -0.2) is 11.0 Å². The fourth-order valence-electron chi connectivity index (χ4n) is 2.21. The van der Waals surface area contributed by atoms with Gasteiger partial charge in [0.1, 0.15) is 5.01 Å². The van der Waals surface area contributed by atoms with Gasteiger partial charge in [0, 0.05) is 23.0 Å². The number of hydrogen-bond donors (Lipinski definition) is 1.